The van der Waals surface area contributed by atoms with E-state index in [9.17, 15) is 14.0 Å². The lowest BCUT2D eigenvalue weighted by Gasteiger charge is -2.18. The molecule has 3 rings (SSSR count). The van der Waals surface area contributed by atoms with Crippen molar-refractivity contribution in [3.8, 4) is 0 Å². The summed E-state index contributed by atoms with van der Waals surface area (Å²) in [7, 11) is 0. The second-order valence-corrected chi connectivity index (χ2v) is 4.87. The van der Waals surface area contributed by atoms with Gasteiger partial charge in [0, 0.05) is 13.1 Å². The highest BCUT2D eigenvalue weighted by atomic mass is 19.1. The summed E-state index contributed by atoms with van der Waals surface area (Å²) >= 11 is 0. The Kier molecular flexibility index (Phi) is 3.14. The molecule has 104 valence electrons. The predicted octanol–water partition coefficient (Wildman–Crippen LogP) is 1.61. The zero-order valence-corrected chi connectivity index (χ0v) is 10.8. The molecule has 0 saturated carbocycles. The summed E-state index contributed by atoms with van der Waals surface area (Å²) in [4.78, 5) is 24.4. The summed E-state index contributed by atoms with van der Waals surface area (Å²) in [6.45, 7) is 1.74. The maximum Gasteiger partial charge on any atom is 0.326 e. The molecule has 0 bridgehead atoms. The van der Waals surface area contributed by atoms with E-state index < -0.39 is 11.9 Å². The molecule has 0 aliphatic carbocycles. The first-order chi connectivity index (χ1) is 9.63. The fourth-order valence-electron chi connectivity index (χ4n) is 2.48. The van der Waals surface area contributed by atoms with Gasteiger partial charge >= 0.3 is 6.03 Å². The Bertz CT molecular complexity index is 606. The van der Waals surface area contributed by atoms with Crippen LogP contribution in [0.15, 0.2) is 23.9 Å². The van der Waals surface area contributed by atoms with Crippen molar-refractivity contribution in [2.75, 3.05) is 18.0 Å². The molecule has 2 aliphatic heterocycles. The molecule has 2 aliphatic rings. The van der Waals surface area contributed by atoms with Crippen LogP contribution in [0.2, 0.25) is 0 Å². The number of imide groups is 1. The van der Waals surface area contributed by atoms with E-state index in [1.165, 1.54) is 12.1 Å². The third-order valence-corrected chi connectivity index (χ3v) is 3.45. The van der Waals surface area contributed by atoms with Crippen LogP contribution in [0.3, 0.4) is 0 Å². The Balaban J connectivity index is 1.85. The molecule has 0 atom stereocenters. The monoisotopic (exact) mass is 275 g/mol. The molecule has 2 saturated heterocycles. The number of anilines is 1. The van der Waals surface area contributed by atoms with Gasteiger partial charge in [0.25, 0.3) is 5.91 Å². The number of halogens is 1. The lowest BCUT2D eigenvalue weighted by molar-refractivity contribution is -0.115. The van der Waals surface area contributed by atoms with E-state index in [1.54, 1.807) is 12.1 Å². The number of hydrogen-bond acceptors (Lipinski definition) is 3. The molecule has 6 heteroatoms. The quantitative estimate of drug-likeness (QED) is 0.636. The van der Waals surface area contributed by atoms with Crippen LogP contribution in [0.1, 0.15) is 18.4 Å². The number of amides is 3. The van der Waals surface area contributed by atoms with Gasteiger partial charge in [-0.25, -0.2) is 9.18 Å². The highest BCUT2D eigenvalue weighted by molar-refractivity contribution is 6.13. The average Bonchev–Trinajstić information content (AvgIpc) is 3.00. The second kappa shape index (κ2) is 4.96. The summed E-state index contributed by atoms with van der Waals surface area (Å²) in [6.07, 6.45) is 3.62. The van der Waals surface area contributed by atoms with Crippen LogP contribution in [-0.2, 0) is 4.79 Å². The normalized spacial score (nSPS) is 20.4. The van der Waals surface area contributed by atoms with Crippen molar-refractivity contribution in [1.29, 1.82) is 0 Å². The SMILES string of the molecule is O=C1NC(=O)/C(=C\c2ccc(N3CCCC3)c(F)c2)N1. The topological polar surface area (TPSA) is 61.4 Å². The maximum atomic E-state index is 14.1. The van der Waals surface area contributed by atoms with Crippen molar-refractivity contribution in [1.82, 2.24) is 10.6 Å². The third-order valence-electron chi connectivity index (χ3n) is 3.45. The molecular formula is C14H14FN3O2. The van der Waals surface area contributed by atoms with Gasteiger partial charge in [-0.15, -0.1) is 0 Å². The van der Waals surface area contributed by atoms with Gasteiger partial charge < -0.3 is 10.2 Å². The summed E-state index contributed by atoms with van der Waals surface area (Å²) in [5.41, 5.74) is 1.26. The van der Waals surface area contributed by atoms with Crippen molar-refractivity contribution < 1.29 is 14.0 Å². The van der Waals surface area contributed by atoms with Crippen molar-refractivity contribution in [3.63, 3.8) is 0 Å². The van der Waals surface area contributed by atoms with Gasteiger partial charge in [0.15, 0.2) is 0 Å². The van der Waals surface area contributed by atoms with Crippen LogP contribution < -0.4 is 15.5 Å². The number of urea groups is 1. The Morgan fingerprint density at radius 2 is 1.90 bits per heavy atom. The predicted molar refractivity (Wildman–Crippen MR) is 72.5 cm³/mol. The average molecular weight is 275 g/mol. The van der Waals surface area contributed by atoms with Gasteiger partial charge in [-0.3, -0.25) is 10.1 Å². The van der Waals surface area contributed by atoms with E-state index in [1.807, 2.05) is 4.90 Å². The molecule has 2 heterocycles. The van der Waals surface area contributed by atoms with Crippen LogP contribution in [0.25, 0.3) is 6.08 Å². The molecule has 2 N–H and O–H groups in total. The molecule has 3 amide bonds. The smallest absolute Gasteiger partial charge is 0.326 e. The van der Waals surface area contributed by atoms with E-state index in [2.05, 4.69) is 10.6 Å². The molecule has 1 aromatic rings. The lowest BCUT2D eigenvalue weighted by Crippen LogP contribution is -2.22. The lowest BCUT2D eigenvalue weighted by atomic mass is 10.1. The summed E-state index contributed by atoms with van der Waals surface area (Å²) < 4.78 is 14.1. The molecule has 0 aromatic heterocycles. The minimum atomic E-state index is -0.560. The van der Waals surface area contributed by atoms with Gasteiger partial charge in [0.05, 0.1) is 5.69 Å². The number of nitrogens with one attached hydrogen (secondary N) is 2. The standard InChI is InChI=1S/C14H14FN3O2/c15-10-7-9(8-11-13(19)17-14(20)16-11)3-4-12(10)18-5-1-2-6-18/h3-4,7-8H,1-2,5-6H2,(H2,16,17,19,20)/b11-8+. The van der Waals surface area contributed by atoms with Crippen LogP contribution in [0.4, 0.5) is 14.9 Å². The van der Waals surface area contributed by atoms with Gasteiger partial charge in [-0.1, -0.05) is 6.07 Å². The summed E-state index contributed by atoms with van der Waals surface area (Å²) in [5.74, 6) is -0.815. The molecule has 20 heavy (non-hydrogen) atoms. The Labute approximate surface area is 115 Å². The zero-order chi connectivity index (χ0) is 14.1. The fourth-order valence-corrected chi connectivity index (χ4v) is 2.48. The minimum Gasteiger partial charge on any atom is -0.369 e. The first-order valence-corrected chi connectivity index (χ1v) is 6.52. The second-order valence-electron chi connectivity index (χ2n) is 4.87. The van der Waals surface area contributed by atoms with Gasteiger partial charge in [0.1, 0.15) is 11.5 Å². The number of hydrogen-bond donors (Lipinski definition) is 2. The number of benzene rings is 1. The summed E-state index contributed by atoms with van der Waals surface area (Å²) in [6, 6.07) is 4.26. The van der Waals surface area contributed by atoms with Crippen LogP contribution in [-0.4, -0.2) is 25.0 Å². The zero-order valence-electron chi connectivity index (χ0n) is 10.8. The largest absolute Gasteiger partial charge is 0.369 e. The third kappa shape index (κ3) is 2.36. The molecule has 0 unspecified atom stereocenters. The fraction of sp³-hybridized carbons (Fsp3) is 0.286. The molecular weight excluding hydrogens is 261 g/mol. The number of nitrogens with zero attached hydrogens (tertiary/aromatic N) is 1. The first-order valence-electron chi connectivity index (χ1n) is 6.52. The van der Waals surface area contributed by atoms with E-state index in [-0.39, 0.29) is 11.5 Å². The number of carbonyl (C=O) groups is 2. The Hall–Kier alpha value is -2.37. The van der Waals surface area contributed by atoms with Crippen LogP contribution in [0, 0.1) is 5.82 Å². The Morgan fingerprint density at radius 3 is 2.50 bits per heavy atom. The van der Waals surface area contributed by atoms with E-state index >= 15 is 0 Å². The highest BCUT2D eigenvalue weighted by Gasteiger charge is 2.23. The van der Waals surface area contributed by atoms with Crippen molar-refractivity contribution in [2.24, 2.45) is 0 Å². The van der Waals surface area contributed by atoms with Gasteiger partial charge in [0.2, 0.25) is 0 Å². The van der Waals surface area contributed by atoms with E-state index in [0.717, 1.165) is 25.9 Å². The van der Waals surface area contributed by atoms with Gasteiger partial charge in [-0.05, 0) is 36.6 Å². The number of carbonyl (C=O) groups excluding carboxylic acids is 2. The minimum absolute atomic E-state index is 0.128. The van der Waals surface area contributed by atoms with Crippen molar-refractivity contribution >= 4 is 23.7 Å². The number of rotatable bonds is 2. The highest BCUT2D eigenvalue weighted by Crippen LogP contribution is 2.25. The van der Waals surface area contributed by atoms with Crippen LogP contribution in [0.5, 0.6) is 0 Å². The summed E-state index contributed by atoms with van der Waals surface area (Å²) in [5, 5.41) is 4.47. The van der Waals surface area contributed by atoms with Crippen molar-refractivity contribution in [2.45, 2.75) is 12.8 Å². The maximum absolute atomic E-state index is 14.1. The molecule has 5 nitrogen and oxygen atoms in total. The van der Waals surface area contributed by atoms with Gasteiger partial charge in [-0.2, -0.15) is 0 Å². The molecule has 2 fully saturated rings. The molecule has 0 radical (unpaired) electrons. The molecule has 0 spiro atoms. The van der Waals surface area contributed by atoms with E-state index in [0.29, 0.717) is 11.3 Å². The molecule has 1 aromatic carbocycles. The van der Waals surface area contributed by atoms with E-state index in [4.69, 9.17) is 0 Å². The Morgan fingerprint density at radius 1 is 1.15 bits per heavy atom. The van der Waals surface area contributed by atoms with Crippen molar-refractivity contribution in [3.05, 3.63) is 35.3 Å². The first kappa shape index (κ1) is 12.7. The van der Waals surface area contributed by atoms with Crippen LogP contribution >= 0.6 is 0 Å².